The summed E-state index contributed by atoms with van der Waals surface area (Å²) in [5, 5.41) is 8.55. The van der Waals surface area contributed by atoms with Crippen LogP contribution in [0.3, 0.4) is 0 Å². The van der Waals surface area contributed by atoms with Crippen molar-refractivity contribution in [2.45, 2.75) is 45.1 Å². The minimum atomic E-state index is 0.428. The largest absolute Gasteiger partial charge is 0.494 e. The number of methoxy groups -OCH3 is 1. The topological polar surface area (TPSA) is 68.1 Å². The minimum absolute atomic E-state index is 0.428. The summed E-state index contributed by atoms with van der Waals surface area (Å²) in [5.41, 5.74) is 4.72. The highest BCUT2D eigenvalue weighted by Crippen LogP contribution is 2.26. The van der Waals surface area contributed by atoms with Gasteiger partial charge in [0.15, 0.2) is 0 Å². The highest BCUT2D eigenvalue weighted by atomic mass is 16.5. The van der Waals surface area contributed by atoms with Crippen molar-refractivity contribution in [1.29, 1.82) is 0 Å². The van der Waals surface area contributed by atoms with Crippen molar-refractivity contribution < 1.29 is 4.74 Å². The van der Waals surface area contributed by atoms with E-state index >= 15 is 0 Å². The van der Waals surface area contributed by atoms with Crippen LogP contribution in [0.25, 0.3) is 17.1 Å². The second kappa shape index (κ2) is 7.78. The molecule has 0 saturated heterocycles. The molecule has 1 N–H and O–H groups in total. The first-order valence-corrected chi connectivity index (χ1v) is 9.53. The number of hydrogen-bond acceptors (Lipinski definition) is 4. The fourth-order valence-electron chi connectivity index (χ4n) is 3.48. The molecule has 4 rings (SSSR count). The number of rotatable bonds is 5. The summed E-state index contributed by atoms with van der Waals surface area (Å²) in [5.74, 6) is 0.773. The standard InChI is InChI=1S/C21H25N5O/c1-15-8-10-17(11-9-15)26-14-20(24-25-26)18-12-21(27-2)19(23-18)13-22-16-6-4-3-5-7-16/h8-14,16,23H,3-7H2,1-2H3. The molecule has 0 atom stereocenters. The zero-order valence-electron chi connectivity index (χ0n) is 15.9. The van der Waals surface area contributed by atoms with Gasteiger partial charge in [0.2, 0.25) is 0 Å². The number of aryl methyl sites for hydroxylation is 1. The molecule has 0 amide bonds. The molecule has 0 unspecified atom stereocenters. The average molecular weight is 363 g/mol. The molecule has 2 heterocycles. The summed E-state index contributed by atoms with van der Waals surface area (Å²) in [4.78, 5) is 8.12. The zero-order valence-corrected chi connectivity index (χ0v) is 15.9. The Morgan fingerprint density at radius 2 is 1.96 bits per heavy atom. The van der Waals surface area contributed by atoms with Crippen molar-refractivity contribution >= 4 is 6.21 Å². The summed E-state index contributed by atoms with van der Waals surface area (Å²) in [6.07, 6.45) is 10.1. The van der Waals surface area contributed by atoms with Crippen LogP contribution in [0.1, 0.15) is 43.4 Å². The van der Waals surface area contributed by atoms with Gasteiger partial charge in [0, 0.05) is 12.3 Å². The van der Waals surface area contributed by atoms with Gasteiger partial charge < -0.3 is 9.72 Å². The monoisotopic (exact) mass is 363 g/mol. The molecule has 0 spiro atoms. The van der Waals surface area contributed by atoms with Crippen molar-refractivity contribution in [1.82, 2.24) is 20.0 Å². The maximum atomic E-state index is 5.51. The Balaban J connectivity index is 1.56. The van der Waals surface area contributed by atoms with E-state index in [4.69, 9.17) is 9.73 Å². The van der Waals surface area contributed by atoms with Gasteiger partial charge in [-0.3, -0.25) is 4.99 Å². The van der Waals surface area contributed by atoms with Crippen LogP contribution >= 0.6 is 0 Å². The maximum Gasteiger partial charge on any atom is 0.146 e. The van der Waals surface area contributed by atoms with Gasteiger partial charge in [-0.2, -0.15) is 0 Å². The Morgan fingerprint density at radius 3 is 2.70 bits per heavy atom. The third-order valence-electron chi connectivity index (χ3n) is 5.09. The second-order valence-corrected chi connectivity index (χ2v) is 7.12. The Labute approximate surface area is 159 Å². The van der Waals surface area contributed by atoms with Crippen molar-refractivity contribution in [3.8, 4) is 22.8 Å². The molecule has 3 aromatic rings. The van der Waals surface area contributed by atoms with Gasteiger partial charge in [-0.1, -0.05) is 42.2 Å². The quantitative estimate of drug-likeness (QED) is 0.686. The molecule has 1 saturated carbocycles. The second-order valence-electron chi connectivity index (χ2n) is 7.12. The van der Waals surface area contributed by atoms with Crippen LogP contribution in [0, 0.1) is 6.92 Å². The third-order valence-corrected chi connectivity index (χ3v) is 5.09. The molecule has 140 valence electrons. The molecule has 0 bridgehead atoms. The summed E-state index contributed by atoms with van der Waals surface area (Å²) >= 11 is 0. The van der Waals surface area contributed by atoms with Crippen LogP contribution in [-0.2, 0) is 0 Å². The molecule has 6 nitrogen and oxygen atoms in total. The number of aliphatic imine (C=N–C) groups is 1. The van der Waals surface area contributed by atoms with E-state index in [0.717, 1.165) is 28.5 Å². The van der Waals surface area contributed by atoms with Gasteiger partial charge in [-0.25, -0.2) is 4.68 Å². The predicted octanol–water partition coefficient (Wildman–Crippen LogP) is 4.33. The fourth-order valence-corrected chi connectivity index (χ4v) is 3.48. The number of benzene rings is 1. The van der Waals surface area contributed by atoms with Gasteiger partial charge in [0.05, 0.1) is 36.4 Å². The lowest BCUT2D eigenvalue weighted by Crippen LogP contribution is -2.09. The van der Waals surface area contributed by atoms with Crippen molar-refractivity contribution in [3.05, 3.63) is 47.8 Å². The van der Waals surface area contributed by atoms with Gasteiger partial charge in [0.1, 0.15) is 11.4 Å². The molecule has 1 fully saturated rings. The summed E-state index contributed by atoms with van der Waals surface area (Å²) in [6, 6.07) is 10.6. The number of hydrogen-bond donors (Lipinski definition) is 1. The first-order valence-electron chi connectivity index (χ1n) is 9.53. The lowest BCUT2D eigenvalue weighted by atomic mass is 9.96. The summed E-state index contributed by atoms with van der Waals surface area (Å²) < 4.78 is 7.29. The van der Waals surface area contributed by atoms with E-state index in [2.05, 4.69) is 34.4 Å². The third kappa shape index (κ3) is 3.94. The number of nitrogens with zero attached hydrogens (tertiary/aromatic N) is 4. The first-order chi connectivity index (χ1) is 13.2. The van der Waals surface area contributed by atoms with Crippen LogP contribution in [0.5, 0.6) is 5.75 Å². The predicted molar refractivity (Wildman–Crippen MR) is 107 cm³/mol. The SMILES string of the molecule is COc1cc(-c2cn(-c3ccc(C)cc3)nn2)[nH]c1C=NC1CCCCC1. The normalized spacial score (nSPS) is 15.5. The highest BCUT2D eigenvalue weighted by molar-refractivity contribution is 5.83. The molecular formula is C21H25N5O. The van der Waals surface area contributed by atoms with Crippen LogP contribution < -0.4 is 4.74 Å². The number of nitrogens with one attached hydrogen (secondary N) is 1. The molecule has 2 aromatic heterocycles. The van der Waals surface area contributed by atoms with E-state index < -0.39 is 0 Å². The Kier molecular flexibility index (Phi) is 5.05. The smallest absolute Gasteiger partial charge is 0.146 e. The van der Waals surface area contributed by atoms with Crippen molar-refractivity contribution in [2.75, 3.05) is 7.11 Å². The van der Waals surface area contributed by atoms with Crippen molar-refractivity contribution in [3.63, 3.8) is 0 Å². The summed E-state index contributed by atoms with van der Waals surface area (Å²) in [7, 11) is 1.67. The van der Waals surface area contributed by atoms with Crippen LogP contribution in [-0.4, -0.2) is 39.3 Å². The molecular weight excluding hydrogens is 338 g/mol. The van der Waals surface area contributed by atoms with Gasteiger partial charge >= 0.3 is 0 Å². The van der Waals surface area contributed by atoms with E-state index in [9.17, 15) is 0 Å². The number of H-pyrrole nitrogens is 1. The molecule has 1 aromatic carbocycles. The van der Waals surface area contributed by atoms with Crippen molar-refractivity contribution in [2.24, 2.45) is 4.99 Å². The van der Waals surface area contributed by atoms with Crippen LogP contribution in [0.4, 0.5) is 0 Å². The molecule has 27 heavy (non-hydrogen) atoms. The van der Waals surface area contributed by atoms with Crippen LogP contribution in [0.2, 0.25) is 0 Å². The molecule has 0 aliphatic heterocycles. The van der Waals surface area contributed by atoms with E-state index in [-0.39, 0.29) is 0 Å². The molecule has 0 radical (unpaired) electrons. The molecule has 6 heteroatoms. The minimum Gasteiger partial charge on any atom is -0.494 e. The zero-order chi connectivity index (χ0) is 18.6. The van der Waals surface area contributed by atoms with Crippen LogP contribution in [0.15, 0.2) is 41.5 Å². The number of aromatic nitrogens is 4. The fraction of sp³-hybridized carbons (Fsp3) is 0.381. The van der Waals surface area contributed by atoms with E-state index in [1.54, 1.807) is 11.8 Å². The average Bonchev–Trinajstić information content (AvgIpc) is 3.35. The van der Waals surface area contributed by atoms with E-state index in [1.165, 1.54) is 37.7 Å². The Hall–Kier alpha value is -2.89. The van der Waals surface area contributed by atoms with Gasteiger partial charge in [-0.05, 0) is 31.9 Å². The van der Waals surface area contributed by atoms with E-state index in [0.29, 0.717) is 6.04 Å². The Bertz CT molecular complexity index is 916. The summed E-state index contributed by atoms with van der Waals surface area (Å²) in [6.45, 7) is 2.07. The Morgan fingerprint density at radius 1 is 1.19 bits per heavy atom. The first kappa shape index (κ1) is 17.5. The van der Waals surface area contributed by atoms with E-state index in [1.807, 2.05) is 30.6 Å². The number of aromatic amines is 1. The highest BCUT2D eigenvalue weighted by Gasteiger charge is 2.14. The maximum absolute atomic E-state index is 5.51. The van der Waals surface area contributed by atoms with Gasteiger partial charge in [0.25, 0.3) is 0 Å². The van der Waals surface area contributed by atoms with Gasteiger partial charge in [-0.15, -0.1) is 5.10 Å². The lowest BCUT2D eigenvalue weighted by Gasteiger charge is -2.16. The molecule has 1 aliphatic carbocycles. The molecule has 1 aliphatic rings. The lowest BCUT2D eigenvalue weighted by molar-refractivity contribution is 0.414. The number of ether oxygens (including phenoxy) is 1.